The molecule has 0 bridgehead atoms. The Morgan fingerprint density at radius 2 is 2.09 bits per heavy atom. The number of nitrogens with one attached hydrogen (secondary N) is 3. The molecular formula is C15H23N3O4S. The lowest BCUT2D eigenvalue weighted by Gasteiger charge is -2.11. The summed E-state index contributed by atoms with van der Waals surface area (Å²) in [6, 6.07) is 6.56. The lowest BCUT2D eigenvalue weighted by atomic mass is 10.2. The summed E-state index contributed by atoms with van der Waals surface area (Å²) in [6.07, 6.45) is 3.18. The number of carbonyl (C=O) groups is 1. The summed E-state index contributed by atoms with van der Waals surface area (Å²) in [6.45, 7) is 1.96. The van der Waals surface area contributed by atoms with Crippen molar-refractivity contribution < 1.29 is 17.9 Å². The average molecular weight is 341 g/mol. The van der Waals surface area contributed by atoms with Crippen LogP contribution in [0.2, 0.25) is 0 Å². The summed E-state index contributed by atoms with van der Waals surface area (Å²) in [4.78, 5) is 11.9. The molecule has 1 fully saturated rings. The number of carbonyl (C=O) groups excluding carboxylic acids is 1. The summed E-state index contributed by atoms with van der Waals surface area (Å²) in [5.74, 6) is 0.605. The second kappa shape index (κ2) is 8.28. The van der Waals surface area contributed by atoms with Crippen LogP contribution in [-0.2, 0) is 14.6 Å². The molecule has 0 saturated carbocycles. The molecule has 0 radical (unpaired) electrons. The van der Waals surface area contributed by atoms with Gasteiger partial charge in [0.1, 0.15) is 5.75 Å². The maximum Gasteiger partial charge on any atom is 0.220 e. The van der Waals surface area contributed by atoms with Crippen LogP contribution in [0.15, 0.2) is 29.2 Å². The fourth-order valence-corrected chi connectivity index (χ4v) is 2.85. The summed E-state index contributed by atoms with van der Waals surface area (Å²) >= 11 is 0. The number of hydrazine groups is 1. The van der Waals surface area contributed by atoms with Gasteiger partial charge in [-0.1, -0.05) is 0 Å². The van der Waals surface area contributed by atoms with Gasteiger partial charge in [-0.05, 0) is 37.1 Å². The highest BCUT2D eigenvalue weighted by molar-refractivity contribution is 7.90. The third-order valence-corrected chi connectivity index (χ3v) is 4.67. The first-order chi connectivity index (χ1) is 10.9. The van der Waals surface area contributed by atoms with Crippen LogP contribution in [0.25, 0.3) is 0 Å². The predicted octanol–water partition coefficient (Wildman–Crippen LogP) is 0.232. The smallest absolute Gasteiger partial charge is 0.220 e. The van der Waals surface area contributed by atoms with E-state index in [0.29, 0.717) is 37.8 Å². The van der Waals surface area contributed by atoms with E-state index in [1.54, 1.807) is 12.1 Å². The van der Waals surface area contributed by atoms with Gasteiger partial charge in [-0.3, -0.25) is 15.6 Å². The van der Waals surface area contributed by atoms with Crippen LogP contribution >= 0.6 is 0 Å². The van der Waals surface area contributed by atoms with E-state index >= 15 is 0 Å². The minimum Gasteiger partial charge on any atom is -0.494 e. The number of ether oxygens (including phenoxy) is 1. The maximum atomic E-state index is 11.7. The number of rotatable bonds is 8. The van der Waals surface area contributed by atoms with Gasteiger partial charge in [0.25, 0.3) is 0 Å². The standard InChI is InChI=1S/C15H23N3O4S/c1-23(20,21)14-6-4-13(5-7-14)22-10-2-3-15(19)16-11-12-8-9-17-18-12/h4-7,12,17-18H,2-3,8-11H2,1H3,(H,16,19). The molecule has 7 nitrogen and oxygen atoms in total. The molecule has 0 spiro atoms. The SMILES string of the molecule is CS(=O)(=O)c1ccc(OCCCC(=O)NCC2CCNN2)cc1. The molecule has 1 aliphatic heterocycles. The highest BCUT2D eigenvalue weighted by Gasteiger charge is 2.14. The van der Waals surface area contributed by atoms with E-state index in [4.69, 9.17) is 4.74 Å². The van der Waals surface area contributed by atoms with Gasteiger partial charge in [0.15, 0.2) is 9.84 Å². The van der Waals surface area contributed by atoms with Gasteiger partial charge in [-0.2, -0.15) is 0 Å². The van der Waals surface area contributed by atoms with E-state index < -0.39 is 9.84 Å². The van der Waals surface area contributed by atoms with Crippen LogP contribution in [0.1, 0.15) is 19.3 Å². The van der Waals surface area contributed by atoms with Gasteiger partial charge in [0.2, 0.25) is 5.91 Å². The Kier molecular flexibility index (Phi) is 6.37. The maximum absolute atomic E-state index is 11.7. The normalized spacial score (nSPS) is 17.9. The Balaban J connectivity index is 1.62. The molecule has 0 aliphatic carbocycles. The third-order valence-electron chi connectivity index (χ3n) is 3.54. The van der Waals surface area contributed by atoms with Crippen molar-refractivity contribution in [2.45, 2.75) is 30.2 Å². The van der Waals surface area contributed by atoms with Crippen LogP contribution in [0.4, 0.5) is 0 Å². The minimum absolute atomic E-state index is 0.00900. The molecule has 1 amide bonds. The fraction of sp³-hybridized carbons (Fsp3) is 0.533. The zero-order valence-corrected chi connectivity index (χ0v) is 14.0. The van der Waals surface area contributed by atoms with Crippen molar-refractivity contribution >= 4 is 15.7 Å². The van der Waals surface area contributed by atoms with Crippen LogP contribution in [0.5, 0.6) is 5.75 Å². The summed E-state index contributed by atoms with van der Waals surface area (Å²) in [5, 5.41) is 2.88. The third kappa shape index (κ3) is 6.17. The topological polar surface area (TPSA) is 96.5 Å². The summed E-state index contributed by atoms with van der Waals surface area (Å²) < 4.78 is 28.2. The van der Waals surface area contributed by atoms with Crippen molar-refractivity contribution in [2.24, 2.45) is 0 Å². The van der Waals surface area contributed by atoms with E-state index in [0.717, 1.165) is 13.0 Å². The molecule has 1 unspecified atom stereocenters. The van der Waals surface area contributed by atoms with Crippen LogP contribution in [-0.4, -0.2) is 46.3 Å². The first-order valence-corrected chi connectivity index (χ1v) is 9.52. The zero-order chi connectivity index (χ0) is 16.7. The van der Waals surface area contributed by atoms with Crippen LogP contribution in [0, 0.1) is 0 Å². The monoisotopic (exact) mass is 341 g/mol. The van der Waals surface area contributed by atoms with Gasteiger partial charge in [0, 0.05) is 31.8 Å². The Labute approximate surface area is 136 Å². The van der Waals surface area contributed by atoms with Crippen molar-refractivity contribution in [3.63, 3.8) is 0 Å². The minimum atomic E-state index is -3.19. The largest absolute Gasteiger partial charge is 0.494 e. The number of benzene rings is 1. The first kappa shape index (κ1) is 17.7. The molecule has 0 aromatic heterocycles. The van der Waals surface area contributed by atoms with Crippen molar-refractivity contribution in [2.75, 3.05) is 26.0 Å². The second-order valence-electron chi connectivity index (χ2n) is 5.56. The van der Waals surface area contributed by atoms with E-state index in [9.17, 15) is 13.2 Å². The van der Waals surface area contributed by atoms with Crippen molar-refractivity contribution in [3.8, 4) is 5.75 Å². The molecule has 2 rings (SSSR count). The van der Waals surface area contributed by atoms with Gasteiger partial charge >= 0.3 is 0 Å². The Morgan fingerprint density at radius 1 is 1.35 bits per heavy atom. The quantitative estimate of drug-likeness (QED) is 0.586. The summed E-state index contributed by atoms with van der Waals surface area (Å²) in [7, 11) is -3.19. The van der Waals surface area contributed by atoms with Crippen molar-refractivity contribution in [3.05, 3.63) is 24.3 Å². The van der Waals surface area contributed by atoms with Gasteiger partial charge in [-0.25, -0.2) is 8.42 Å². The number of amides is 1. The first-order valence-electron chi connectivity index (χ1n) is 7.63. The second-order valence-corrected chi connectivity index (χ2v) is 7.57. The lowest BCUT2D eigenvalue weighted by molar-refractivity contribution is -0.121. The molecule has 8 heteroatoms. The van der Waals surface area contributed by atoms with Gasteiger partial charge < -0.3 is 10.1 Å². The van der Waals surface area contributed by atoms with E-state index in [2.05, 4.69) is 16.2 Å². The van der Waals surface area contributed by atoms with E-state index in [1.165, 1.54) is 18.4 Å². The summed E-state index contributed by atoms with van der Waals surface area (Å²) in [5.41, 5.74) is 6.10. The molecule has 1 heterocycles. The highest BCUT2D eigenvalue weighted by atomic mass is 32.2. The molecule has 1 aromatic rings. The molecule has 1 saturated heterocycles. The molecule has 3 N–H and O–H groups in total. The molecule has 1 atom stereocenters. The fourth-order valence-electron chi connectivity index (χ4n) is 2.22. The lowest BCUT2D eigenvalue weighted by Crippen LogP contribution is -2.40. The number of hydrogen-bond acceptors (Lipinski definition) is 6. The van der Waals surface area contributed by atoms with Crippen molar-refractivity contribution in [1.82, 2.24) is 16.2 Å². The molecule has 1 aliphatic rings. The zero-order valence-electron chi connectivity index (χ0n) is 13.2. The van der Waals surface area contributed by atoms with Crippen LogP contribution in [0.3, 0.4) is 0 Å². The van der Waals surface area contributed by atoms with E-state index in [-0.39, 0.29) is 10.8 Å². The average Bonchev–Trinajstić information content (AvgIpc) is 3.02. The number of sulfone groups is 1. The van der Waals surface area contributed by atoms with Gasteiger partial charge in [-0.15, -0.1) is 0 Å². The Hall–Kier alpha value is -1.64. The number of hydrogen-bond donors (Lipinski definition) is 3. The highest BCUT2D eigenvalue weighted by Crippen LogP contribution is 2.16. The van der Waals surface area contributed by atoms with E-state index in [1.807, 2.05) is 0 Å². The molecular weight excluding hydrogens is 318 g/mol. The molecule has 23 heavy (non-hydrogen) atoms. The van der Waals surface area contributed by atoms with Crippen LogP contribution < -0.4 is 20.9 Å². The van der Waals surface area contributed by atoms with Crippen molar-refractivity contribution in [1.29, 1.82) is 0 Å². The predicted molar refractivity (Wildman–Crippen MR) is 86.8 cm³/mol. The Bertz CT molecular complexity index is 610. The molecule has 1 aromatic carbocycles. The Morgan fingerprint density at radius 3 is 2.70 bits per heavy atom. The molecule has 128 valence electrons. The van der Waals surface area contributed by atoms with Gasteiger partial charge in [0.05, 0.1) is 11.5 Å².